The molecule has 0 atom stereocenters. The quantitative estimate of drug-likeness (QED) is 0.852. The number of halogens is 1. The summed E-state index contributed by atoms with van der Waals surface area (Å²) < 4.78 is 32.1. The van der Waals surface area contributed by atoms with E-state index in [2.05, 4.69) is 20.7 Å². The Bertz CT molecular complexity index is 676. The highest BCUT2D eigenvalue weighted by atomic mass is 79.9. The average molecular weight is 365 g/mol. The van der Waals surface area contributed by atoms with Gasteiger partial charge in [0.1, 0.15) is 10.7 Å². The first kappa shape index (κ1) is 14.7. The summed E-state index contributed by atoms with van der Waals surface area (Å²) in [5.74, 6) is 0.416. The molecule has 0 spiro atoms. The van der Waals surface area contributed by atoms with Gasteiger partial charge in [-0.15, -0.1) is 11.3 Å². The fourth-order valence-corrected chi connectivity index (χ4v) is 4.43. The molecule has 2 aromatic heterocycles. The minimum atomic E-state index is -3.61. The molecule has 5 nitrogen and oxygen atoms in total. The molecule has 0 saturated heterocycles. The highest BCUT2D eigenvalue weighted by Crippen LogP contribution is 2.26. The van der Waals surface area contributed by atoms with Crippen molar-refractivity contribution in [2.75, 3.05) is 0 Å². The number of nitrogens with one attached hydrogen (secondary N) is 1. The van der Waals surface area contributed by atoms with Gasteiger partial charge in [-0.2, -0.15) is 0 Å². The second-order valence-electron chi connectivity index (χ2n) is 3.89. The summed E-state index contributed by atoms with van der Waals surface area (Å²) in [6.07, 6.45) is 0. The van der Waals surface area contributed by atoms with Crippen molar-refractivity contribution in [3.05, 3.63) is 38.4 Å². The first-order valence-corrected chi connectivity index (χ1v) is 8.55. The SMILES string of the molecule is Cc1ccc(CNS(=O)(=O)c2cc(CN)oc2Br)s1. The van der Waals surface area contributed by atoms with Crippen molar-refractivity contribution in [2.45, 2.75) is 24.9 Å². The van der Waals surface area contributed by atoms with Crippen molar-refractivity contribution in [3.63, 3.8) is 0 Å². The molecule has 104 valence electrons. The maximum Gasteiger partial charge on any atom is 0.245 e. The van der Waals surface area contributed by atoms with Gasteiger partial charge in [0.15, 0.2) is 4.67 Å². The molecule has 3 N–H and O–H groups in total. The monoisotopic (exact) mass is 364 g/mol. The standard InChI is InChI=1S/C11H13BrN2O3S2/c1-7-2-3-9(18-7)6-14-19(15,16)10-4-8(5-13)17-11(10)12/h2-4,14H,5-6,13H2,1H3. The van der Waals surface area contributed by atoms with Crippen molar-refractivity contribution < 1.29 is 12.8 Å². The van der Waals surface area contributed by atoms with Gasteiger partial charge < -0.3 is 10.2 Å². The normalized spacial score (nSPS) is 11.9. The zero-order chi connectivity index (χ0) is 14.0. The van der Waals surface area contributed by atoms with Crippen molar-refractivity contribution in [3.8, 4) is 0 Å². The molecule has 0 unspecified atom stereocenters. The molecular weight excluding hydrogens is 352 g/mol. The van der Waals surface area contributed by atoms with E-state index in [4.69, 9.17) is 10.2 Å². The van der Waals surface area contributed by atoms with Gasteiger partial charge in [0.2, 0.25) is 10.0 Å². The minimum Gasteiger partial charge on any atom is -0.452 e. The summed E-state index contributed by atoms with van der Waals surface area (Å²) in [6.45, 7) is 2.39. The van der Waals surface area contributed by atoms with Crippen molar-refractivity contribution in [1.82, 2.24) is 4.72 Å². The Morgan fingerprint density at radius 2 is 2.21 bits per heavy atom. The van der Waals surface area contributed by atoms with Gasteiger partial charge >= 0.3 is 0 Å². The van der Waals surface area contributed by atoms with Gasteiger partial charge in [0.25, 0.3) is 0 Å². The van der Waals surface area contributed by atoms with Gasteiger partial charge in [-0.1, -0.05) is 0 Å². The lowest BCUT2D eigenvalue weighted by Crippen LogP contribution is -2.22. The summed E-state index contributed by atoms with van der Waals surface area (Å²) in [5, 5.41) is 0. The van der Waals surface area contributed by atoms with Crippen LogP contribution in [-0.4, -0.2) is 8.42 Å². The van der Waals surface area contributed by atoms with E-state index < -0.39 is 10.0 Å². The Kier molecular flexibility index (Phi) is 4.46. The van der Waals surface area contributed by atoms with E-state index in [9.17, 15) is 8.42 Å². The fourth-order valence-electron chi connectivity index (χ4n) is 1.51. The molecule has 0 fully saturated rings. The molecular formula is C11H13BrN2O3S2. The third kappa shape index (κ3) is 3.46. The zero-order valence-corrected chi connectivity index (χ0v) is 13.4. The van der Waals surface area contributed by atoms with E-state index in [0.29, 0.717) is 5.76 Å². The number of thiophene rings is 1. The Hall–Kier alpha value is -0.670. The second kappa shape index (κ2) is 5.76. The topological polar surface area (TPSA) is 85.3 Å². The van der Waals surface area contributed by atoms with Crippen LogP contribution in [0.4, 0.5) is 0 Å². The molecule has 0 radical (unpaired) electrons. The average Bonchev–Trinajstić information content (AvgIpc) is 2.93. The van der Waals surface area contributed by atoms with Crippen LogP contribution >= 0.6 is 27.3 Å². The van der Waals surface area contributed by atoms with Crippen LogP contribution in [0.1, 0.15) is 15.5 Å². The number of furan rings is 1. The number of sulfonamides is 1. The molecule has 8 heteroatoms. The summed E-state index contributed by atoms with van der Waals surface area (Å²) in [6, 6.07) is 5.28. The number of nitrogens with two attached hydrogens (primary N) is 1. The Morgan fingerprint density at radius 3 is 2.74 bits per heavy atom. The van der Waals surface area contributed by atoms with Crippen LogP contribution in [0.5, 0.6) is 0 Å². The number of aryl methyl sites for hydroxylation is 1. The Balaban J connectivity index is 2.15. The van der Waals surface area contributed by atoms with Crippen molar-refractivity contribution in [1.29, 1.82) is 0 Å². The molecule has 2 aromatic rings. The van der Waals surface area contributed by atoms with Crippen molar-refractivity contribution >= 4 is 37.3 Å². The summed E-state index contributed by atoms with van der Waals surface area (Å²) in [5.41, 5.74) is 5.41. The van der Waals surface area contributed by atoms with Crippen LogP contribution in [0.25, 0.3) is 0 Å². The minimum absolute atomic E-state index is 0.0706. The first-order chi connectivity index (χ1) is 8.92. The Labute approximate surface area is 124 Å². The van der Waals surface area contributed by atoms with Crippen LogP contribution in [-0.2, 0) is 23.1 Å². The van der Waals surface area contributed by atoms with E-state index in [1.54, 1.807) is 11.3 Å². The predicted molar refractivity (Wildman–Crippen MR) is 77.4 cm³/mol. The van der Waals surface area contributed by atoms with E-state index in [-0.39, 0.29) is 22.7 Å². The van der Waals surface area contributed by atoms with Crippen LogP contribution in [0.2, 0.25) is 0 Å². The van der Waals surface area contributed by atoms with Gasteiger partial charge in [0, 0.05) is 22.4 Å². The van der Waals surface area contributed by atoms with Crippen LogP contribution in [0.15, 0.2) is 32.2 Å². The molecule has 19 heavy (non-hydrogen) atoms. The van der Waals surface area contributed by atoms with Crippen LogP contribution in [0.3, 0.4) is 0 Å². The highest BCUT2D eigenvalue weighted by molar-refractivity contribution is 9.10. The molecule has 2 rings (SSSR count). The molecule has 0 saturated carbocycles. The lowest BCUT2D eigenvalue weighted by atomic mass is 10.4. The molecule has 0 aliphatic rings. The smallest absolute Gasteiger partial charge is 0.245 e. The zero-order valence-electron chi connectivity index (χ0n) is 10.1. The number of hydrogen-bond donors (Lipinski definition) is 2. The molecule has 2 heterocycles. The van der Waals surface area contributed by atoms with E-state index in [1.165, 1.54) is 6.07 Å². The van der Waals surface area contributed by atoms with Gasteiger partial charge in [-0.3, -0.25) is 0 Å². The van der Waals surface area contributed by atoms with E-state index in [0.717, 1.165) is 9.75 Å². The van der Waals surface area contributed by atoms with Gasteiger partial charge in [-0.05, 0) is 35.0 Å². The summed E-state index contributed by atoms with van der Waals surface area (Å²) >= 11 is 4.64. The summed E-state index contributed by atoms with van der Waals surface area (Å²) in [4.78, 5) is 2.17. The predicted octanol–water partition coefficient (Wildman–Crippen LogP) is 2.35. The fraction of sp³-hybridized carbons (Fsp3) is 0.273. The van der Waals surface area contributed by atoms with Crippen LogP contribution < -0.4 is 10.5 Å². The number of hydrogen-bond acceptors (Lipinski definition) is 5. The third-order valence-electron chi connectivity index (χ3n) is 2.43. The molecule has 0 aromatic carbocycles. The highest BCUT2D eigenvalue weighted by Gasteiger charge is 2.22. The van der Waals surface area contributed by atoms with Crippen LogP contribution in [0, 0.1) is 6.92 Å². The maximum atomic E-state index is 12.1. The Morgan fingerprint density at radius 1 is 1.47 bits per heavy atom. The van der Waals surface area contributed by atoms with Gasteiger partial charge in [0.05, 0.1) is 6.54 Å². The van der Waals surface area contributed by atoms with E-state index in [1.807, 2.05) is 19.1 Å². The molecule has 0 aliphatic heterocycles. The lowest BCUT2D eigenvalue weighted by molar-refractivity contribution is 0.483. The molecule has 0 amide bonds. The van der Waals surface area contributed by atoms with Gasteiger partial charge in [-0.25, -0.2) is 13.1 Å². The first-order valence-electron chi connectivity index (χ1n) is 5.45. The molecule has 0 aliphatic carbocycles. The molecule has 0 bridgehead atoms. The summed E-state index contributed by atoms with van der Waals surface area (Å²) in [7, 11) is -3.61. The largest absolute Gasteiger partial charge is 0.452 e. The third-order valence-corrected chi connectivity index (χ3v) is 5.69. The number of rotatable bonds is 5. The van der Waals surface area contributed by atoms with Crippen molar-refractivity contribution in [2.24, 2.45) is 5.73 Å². The second-order valence-corrected chi connectivity index (χ2v) is 7.72. The lowest BCUT2D eigenvalue weighted by Gasteiger charge is -2.03. The van der Waals surface area contributed by atoms with E-state index >= 15 is 0 Å². The maximum absolute atomic E-state index is 12.1.